The Bertz CT molecular complexity index is 446. The van der Waals surface area contributed by atoms with E-state index < -0.39 is 11.6 Å². The van der Waals surface area contributed by atoms with Gasteiger partial charge in [0.2, 0.25) is 5.78 Å². The minimum atomic E-state index is -0.533. The van der Waals surface area contributed by atoms with Crippen molar-refractivity contribution in [3.8, 4) is 0 Å². The van der Waals surface area contributed by atoms with Crippen molar-refractivity contribution in [3.63, 3.8) is 0 Å². The molecule has 2 aromatic rings. The molecule has 0 N–H and O–H groups in total. The van der Waals surface area contributed by atoms with Gasteiger partial charge in [-0.15, -0.1) is 0 Å². The maximum atomic E-state index is 13.2. The second-order valence-electron chi connectivity index (χ2n) is 2.79. The fourth-order valence-electron chi connectivity index (χ4n) is 1.19. The van der Waals surface area contributed by atoms with Gasteiger partial charge in [0.1, 0.15) is 5.82 Å². The molecule has 0 saturated heterocycles. The minimum absolute atomic E-state index is 0.0300. The Morgan fingerprint density at radius 2 is 1.93 bits per heavy atom. The van der Waals surface area contributed by atoms with Crippen molar-refractivity contribution in [2.24, 2.45) is 0 Å². The molecule has 0 saturated carbocycles. The third-order valence-electron chi connectivity index (χ3n) is 1.86. The molecule has 0 aliphatic carbocycles. The fourth-order valence-corrected chi connectivity index (χ4v) is 1.19. The molecule has 1 heterocycles. The standard InChI is InChI=1S/C11H7FO2/c12-9-5-2-1-4-8(9)11(13)10-6-3-7-14-10/h1-7H. The van der Waals surface area contributed by atoms with Gasteiger partial charge in [-0.3, -0.25) is 4.79 Å². The third kappa shape index (κ3) is 1.44. The van der Waals surface area contributed by atoms with Gasteiger partial charge in [0.25, 0.3) is 0 Å². The van der Waals surface area contributed by atoms with Crippen LogP contribution in [0.2, 0.25) is 0 Å². The van der Waals surface area contributed by atoms with Crippen molar-refractivity contribution in [2.75, 3.05) is 0 Å². The largest absolute Gasteiger partial charge is 0.461 e. The first-order valence-corrected chi connectivity index (χ1v) is 4.12. The number of carbonyl (C=O) groups is 1. The van der Waals surface area contributed by atoms with E-state index in [2.05, 4.69) is 0 Å². The highest BCUT2D eigenvalue weighted by molar-refractivity contribution is 6.07. The predicted octanol–water partition coefficient (Wildman–Crippen LogP) is 2.65. The normalized spacial score (nSPS) is 10.1. The number of ketones is 1. The van der Waals surface area contributed by atoms with Crippen molar-refractivity contribution in [2.45, 2.75) is 0 Å². The summed E-state index contributed by atoms with van der Waals surface area (Å²) in [7, 11) is 0. The van der Waals surface area contributed by atoms with Crippen LogP contribution in [-0.4, -0.2) is 5.78 Å². The predicted molar refractivity (Wildman–Crippen MR) is 48.5 cm³/mol. The van der Waals surface area contributed by atoms with Crippen LogP contribution >= 0.6 is 0 Å². The van der Waals surface area contributed by atoms with Gasteiger partial charge in [0.15, 0.2) is 5.76 Å². The Hall–Kier alpha value is -1.90. The quantitative estimate of drug-likeness (QED) is 0.681. The molecule has 1 aromatic heterocycles. The van der Waals surface area contributed by atoms with E-state index in [1.807, 2.05) is 0 Å². The van der Waals surface area contributed by atoms with E-state index in [1.165, 1.54) is 30.5 Å². The Morgan fingerprint density at radius 3 is 2.57 bits per heavy atom. The topological polar surface area (TPSA) is 30.2 Å². The molecule has 0 spiro atoms. The van der Waals surface area contributed by atoms with Crippen LogP contribution in [-0.2, 0) is 0 Å². The number of rotatable bonds is 2. The van der Waals surface area contributed by atoms with Crippen LogP contribution in [0.3, 0.4) is 0 Å². The van der Waals surface area contributed by atoms with Crippen LogP contribution in [0, 0.1) is 5.82 Å². The molecule has 0 radical (unpaired) electrons. The zero-order chi connectivity index (χ0) is 9.97. The molecule has 3 heteroatoms. The van der Waals surface area contributed by atoms with E-state index in [1.54, 1.807) is 12.1 Å². The summed E-state index contributed by atoms with van der Waals surface area (Å²) in [5.41, 5.74) is 0.0300. The average molecular weight is 190 g/mol. The molecular weight excluding hydrogens is 183 g/mol. The third-order valence-corrected chi connectivity index (χ3v) is 1.86. The molecule has 0 unspecified atom stereocenters. The van der Waals surface area contributed by atoms with Gasteiger partial charge >= 0.3 is 0 Å². The van der Waals surface area contributed by atoms with Gasteiger partial charge in [0, 0.05) is 0 Å². The average Bonchev–Trinajstić information content (AvgIpc) is 2.70. The molecule has 0 bridgehead atoms. The molecule has 0 atom stereocenters. The second-order valence-corrected chi connectivity index (χ2v) is 2.79. The summed E-state index contributed by atoms with van der Waals surface area (Å²) in [4.78, 5) is 11.6. The molecular formula is C11H7FO2. The molecule has 0 amide bonds. The molecule has 0 aliphatic rings. The van der Waals surface area contributed by atoms with Crippen LogP contribution in [0.25, 0.3) is 0 Å². The van der Waals surface area contributed by atoms with Crippen LogP contribution in [0.5, 0.6) is 0 Å². The molecule has 0 aliphatic heterocycles. The zero-order valence-electron chi connectivity index (χ0n) is 7.24. The Kier molecular flexibility index (Phi) is 2.14. The summed E-state index contributed by atoms with van der Waals surface area (Å²) < 4.78 is 18.1. The number of hydrogen-bond donors (Lipinski definition) is 0. The highest BCUT2D eigenvalue weighted by Gasteiger charge is 2.14. The molecule has 14 heavy (non-hydrogen) atoms. The summed E-state index contributed by atoms with van der Waals surface area (Å²) in [5, 5.41) is 0. The fraction of sp³-hybridized carbons (Fsp3) is 0. The second kappa shape index (κ2) is 3.46. The van der Waals surface area contributed by atoms with E-state index in [9.17, 15) is 9.18 Å². The smallest absolute Gasteiger partial charge is 0.231 e. The summed E-state index contributed by atoms with van der Waals surface area (Å²) in [6.45, 7) is 0. The van der Waals surface area contributed by atoms with Gasteiger partial charge in [0.05, 0.1) is 11.8 Å². The van der Waals surface area contributed by atoms with Crippen LogP contribution < -0.4 is 0 Å². The first-order valence-electron chi connectivity index (χ1n) is 4.12. The maximum absolute atomic E-state index is 13.2. The van der Waals surface area contributed by atoms with Crippen molar-refractivity contribution in [1.29, 1.82) is 0 Å². The highest BCUT2D eigenvalue weighted by atomic mass is 19.1. The lowest BCUT2D eigenvalue weighted by Crippen LogP contribution is -2.02. The number of halogens is 1. The van der Waals surface area contributed by atoms with Gasteiger partial charge < -0.3 is 4.42 Å². The summed E-state index contributed by atoms with van der Waals surface area (Å²) in [6, 6.07) is 8.92. The van der Waals surface area contributed by atoms with Crippen molar-refractivity contribution >= 4 is 5.78 Å². The monoisotopic (exact) mass is 190 g/mol. The van der Waals surface area contributed by atoms with Crippen molar-refractivity contribution < 1.29 is 13.6 Å². The summed E-state index contributed by atoms with van der Waals surface area (Å²) in [6.07, 6.45) is 1.38. The van der Waals surface area contributed by atoms with E-state index in [0.717, 1.165) is 0 Å². The Balaban J connectivity index is 2.42. The van der Waals surface area contributed by atoms with Gasteiger partial charge in [-0.2, -0.15) is 0 Å². The molecule has 1 aromatic carbocycles. The van der Waals surface area contributed by atoms with Gasteiger partial charge in [-0.05, 0) is 24.3 Å². The zero-order valence-corrected chi connectivity index (χ0v) is 7.24. The van der Waals surface area contributed by atoms with E-state index in [0.29, 0.717) is 0 Å². The first-order chi connectivity index (χ1) is 6.79. The number of hydrogen-bond acceptors (Lipinski definition) is 2. The Morgan fingerprint density at radius 1 is 1.14 bits per heavy atom. The lowest BCUT2D eigenvalue weighted by Gasteiger charge is -1.98. The molecule has 70 valence electrons. The molecule has 2 rings (SSSR count). The van der Waals surface area contributed by atoms with E-state index in [-0.39, 0.29) is 11.3 Å². The molecule has 2 nitrogen and oxygen atoms in total. The summed E-state index contributed by atoms with van der Waals surface area (Å²) >= 11 is 0. The first kappa shape index (κ1) is 8.69. The van der Waals surface area contributed by atoms with E-state index >= 15 is 0 Å². The Labute approximate surface area is 80.0 Å². The highest BCUT2D eigenvalue weighted by Crippen LogP contribution is 2.13. The van der Waals surface area contributed by atoms with Crippen LogP contribution in [0.1, 0.15) is 16.1 Å². The van der Waals surface area contributed by atoms with Crippen molar-refractivity contribution in [1.82, 2.24) is 0 Å². The van der Waals surface area contributed by atoms with Gasteiger partial charge in [-0.1, -0.05) is 12.1 Å². The number of furan rings is 1. The lowest BCUT2D eigenvalue weighted by molar-refractivity contribution is 0.101. The SMILES string of the molecule is O=C(c1ccco1)c1ccccc1F. The van der Waals surface area contributed by atoms with Crippen LogP contribution in [0.4, 0.5) is 4.39 Å². The number of benzene rings is 1. The lowest BCUT2D eigenvalue weighted by atomic mass is 10.1. The maximum Gasteiger partial charge on any atom is 0.231 e. The van der Waals surface area contributed by atoms with Gasteiger partial charge in [-0.25, -0.2) is 4.39 Å². The van der Waals surface area contributed by atoms with E-state index in [4.69, 9.17) is 4.42 Å². The molecule has 0 fully saturated rings. The summed E-state index contributed by atoms with van der Waals surface area (Å²) in [5.74, 6) is -0.822. The minimum Gasteiger partial charge on any atom is -0.461 e. The number of carbonyl (C=O) groups excluding carboxylic acids is 1. The van der Waals surface area contributed by atoms with Crippen molar-refractivity contribution in [3.05, 3.63) is 59.8 Å². The van der Waals surface area contributed by atoms with Crippen LogP contribution in [0.15, 0.2) is 47.1 Å².